The molecule has 1 aromatic carbocycles. The van der Waals surface area contributed by atoms with Gasteiger partial charge >= 0.3 is 12.0 Å². The van der Waals surface area contributed by atoms with E-state index in [0.29, 0.717) is 22.7 Å². The molecule has 0 aliphatic carbocycles. The lowest BCUT2D eigenvalue weighted by Gasteiger charge is -2.06. The highest BCUT2D eigenvalue weighted by molar-refractivity contribution is 5.91. The van der Waals surface area contributed by atoms with Gasteiger partial charge in [0.1, 0.15) is 5.52 Å². The van der Waals surface area contributed by atoms with Crippen molar-refractivity contribution in [1.29, 1.82) is 0 Å². The number of nitrogens with zero attached hydrogens (tertiary/aromatic N) is 1. The molecule has 1 heterocycles. The Balaban J connectivity index is 1.96. The number of rotatable bonds is 4. The third-order valence-electron chi connectivity index (χ3n) is 2.38. The summed E-state index contributed by atoms with van der Waals surface area (Å²) in [5.41, 5.74) is 1.85. The molecule has 0 fully saturated rings. The van der Waals surface area contributed by atoms with Gasteiger partial charge < -0.3 is 20.2 Å². The number of nitrogens with one attached hydrogen (secondary N) is 2. The Bertz CT molecular complexity index is 620. The van der Waals surface area contributed by atoms with Crippen LogP contribution >= 0.6 is 0 Å². The first-order chi connectivity index (χ1) is 9.04. The summed E-state index contributed by atoms with van der Waals surface area (Å²) in [5, 5.41) is 13.5. The third-order valence-corrected chi connectivity index (χ3v) is 2.38. The molecular weight excluding hydrogens is 250 g/mol. The molecule has 0 saturated carbocycles. The monoisotopic (exact) mass is 263 g/mol. The quantitative estimate of drug-likeness (QED) is 0.779. The van der Waals surface area contributed by atoms with Crippen LogP contribution in [0.3, 0.4) is 0 Å². The summed E-state index contributed by atoms with van der Waals surface area (Å²) in [6.07, 6.45) is -0.117. The summed E-state index contributed by atoms with van der Waals surface area (Å²) in [6.45, 7) is 1.82. The second kappa shape index (κ2) is 5.38. The molecular formula is C12H13N3O4. The largest absolute Gasteiger partial charge is 0.481 e. The Kier molecular flexibility index (Phi) is 3.65. The van der Waals surface area contributed by atoms with E-state index in [1.165, 1.54) is 0 Å². The highest BCUT2D eigenvalue weighted by Crippen LogP contribution is 2.19. The van der Waals surface area contributed by atoms with E-state index in [0.717, 1.165) is 0 Å². The summed E-state index contributed by atoms with van der Waals surface area (Å²) >= 11 is 0. The first kappa shape index (κ1) is 12.9. The summed E-state index contributed by atoms with van der Waals surface area (Å²) in [5.74, 6) is -0.406. The maximum absolute atomic E-state index is 11.5. The number of carbonyl (C=O) groups is 2. The zero-order valence-electron chi connectivity index (χ0n) is 10.3. The van der Waals surface area contributed by atoms with Crippen LogP contribution in [0.4, 0.5) is 10.5 Å². The third kappa shape index (κ3) is 3.44. The van der Waals surface area contributed by atoms with Crippen molar-refractivity contribution in [3.05, 3.63) is 24.1 Å². The molecule has 1 aromatic heterocycles. The minimum absolute atomic E-state index is 0.0742. The molecule has 0 aliphatic heterocycles. The van der Waals surface area contributed by atoms with E-state index in [-0.39, 0.29) is 13.0 Å². The van der Waals surface area contributed by atoms with Crippen LogP contribution in [0.1, 0.15) is 12.3 Å². The lowest BCUT2D eigenvalue weighted by atomic mass is 10.3. The fraction of sp³-hybridized carbons (Fsp3) is 0.250. The van der Waals surface area contributed by atoms with Crippen molar-refractivity contribution in [2.75, 3.05) is 11.9 Å². The number of fused-ring (bicyclic) bond motifs is 1. The molecule has 2 rings (SSSR count). The highest BCUT2D eigenvalue weighted by Gasteiger charge is 2.06. The molecule has 0 bridgehead atoms. The van der Waals surface area contributed by atoms with E-state index in [9.17, 15) is 9.59 Å². The predicted octanol–water partition coefficient (Wildman–Crippen LogP) is 1.73. The van der Waals surface area contributed by atoms with Crippen LogP contribution in [0.15, 0.2) is 22.6 Å². The Morgan fingerprint density at radius 1 is 1.42 bits per heavy atom. The predicted molar refractivity (Wildman–Crippen MR) is 68.0 cm³/mol. The van der Waals surface area contributed by atoms with Gasteiger partial charge in [0.05, 0.1) is 6.42 Å². The topological polar surface area (TPSA) is 104 Å². The zero-order chi connectivity index (χ0) is 13.8. The number of amides is 2. The van der Waals surface area contributed by atoms with Gasteiger partial charge in [0, 0.05) is 25.2 Å². The minimum atomic E-state index is -0.959. The number of oxazole rings is 1. The number of carboxylic acids is 1. The van der Waals surface area contributed by atoms with Gasteiger partial charge in [0.15, 0.2) is 11.5 Å². The van der Waals surface area contributed by atoms with Gasteiger partial charge in [-0.1, -0.05) is 0 Å². The summed E-state index contributed by atoms with van der Waals surface area (Å²) in [6, 6.07) is 4.63. The molecule has 3 N–H and O–H groups in total. The van der Waals surface area contributed by atoms with Gasteiger partial charge in [0.25, 0.3) is 0 Å². The van der Waals surface area contributed by atoms with Crippen molar-refractivity contribution in [3.63, 3.8) is 0 Å². The lowest BCUT2D eigenvalue weighted by molar-refractivity contribution is -0.136. The fourth-order valence-corrected chi connectivity index (χ4v) is 1.58. The molecule has 7 heteroatoms. The van der Waals surface area contributed by atoms with Crippen molar-refractivity contribution >= 4 is 28.8 Å². The van der Waals surface area contributed by atoms with Crippen molar-refractivity contribution in [2.24, 2.45) is 0 Å². The Hall–Kier alpha value is -2.57. The van der Waals surface area contributed by atoms with Crippen molar-refractivity contribution in [2.45, 2.75) is 13.3 Å². The summed E-state index contributed by atoms with van der Waals surface area (Å²) in [4.78, 5) is 25.9. The Morgan fingerprint density at radius 3 is 2.95 bits per heavy atom. The Labute approximate surface area is 108 Å². The van der Waals surface area contributed by atoms with Gasteiger partial charge in [-0.25, -0.2) is 9.78 Å². The second-order valence-corrected chi connectivity index (χ2v) is 3.94. The van der Waals surface area contributed by atoms with Gasteiger partial charge in [0.2, 0.25) is 0 Å². The lowest BCUT2D eigenvalue weighted by Crippen LogP contribution is -2.30. The minimum Gasteiger partial charge on any atom is -0.481 e. The number of benzene rings is 1. The van der Waals surface area contributed by atoms with Crippen LogP contribution in [-0.4, -0.2) is 28.6 Å². The maximum atomic E-state index is 11.5. The van der Waals surface area contributed by atoms with Crippen LogP contribution < -0.4 is 10.6 Å². The van der Waals surface area contributed by atoms with Gasteiger partial charge in [-0.2, -0.15) is 0 Å². The van der Waals surface area contributed by atoms with Crippen LogP contribution in [0.2, 0.25) is 0 Å². The molecule has 0 spiro atoms. The summed E-state index contributed by atoms with van der Waals surface area (Å²) in [7, 11) is 0. The maximum Gasteiger partial charge on any atom is 0.319 e. The number of aromatic nitrogens is 1. The average molecular weight is 263 g/mol. The number of aliphatic carboxylic acids is 1. The van der Waals surface area contributed by atoms with Gasteiger partial charge in [-0.15, -0.1) is 0 Å². The van der Waals surface area contributed by atoms with E-state index in [1.54, 1.807) is 25.1 Å². The number of hydrogen-bond acceptors (Lipinski definition) is 4. The molecule has 100 valence electrons. The second-order valence-electron chi connectivity index (χ2n) is 3.94. The standard InChI is InChI=1S/C12H13N3O4/c1-7-14-9-3-2-8(6-10(9)19-7)15-12(18)13-5-4-11(16)17/h2-3,6H,4-5H2,1H3,(H,16,17)(H2,13,15,18). The zero-order valence-corrected chi connectivity index (χ0v) is 10.3. The van der Waals surface area contributed by atoms with E-state index >= 15 is 0 Å². The molecule has 0 unspecified atom stereocenters. The van der Waals surface area contributed by atoms with Crippen LogP contribution in [0.25, 0.3) is 11.1 Å². The van der Waals surface area contributed by atoms with Crippen LogP contribution in [0.5, 0.6) is 0 Å². The number of urea groups is 1. The van der Waals surface area contributed by atoms with E-state index in [2.05, 4.69) is 15.6 Å². The SMILES string of the molecule is Cc1nc2ccc(NC(=O)NCCC(=O)O)cc2o1. The molecule has 19 heavy (non-hydrogen) atoms. The average Bonchev–Trinajstić information content (AvgIpc) is 2.67. The van der Waals surface area contributed by atoms with Gasteiger partial charge in [-0.05, 0) is 12.1 Å². The number of carbonyl (C=O) groups excluding carboxylic acids is 1. The van der Waals surface area contributed by atoms with Crippen LogP contribution in [0, 0.1) is 6.92 Å². The number of aryl methyl sites for hydroxylation is 1. The molecule has 0 saturated heterocycles. The number of hydrogen-bond donors (Lipinski definition) is 3. The van der Waals surface area contributed by atoms with Crippen molar-refractivity contribution < 1.29 is 19.1 Å². The molecule has 2 aromatic rings. The number of carboxylic acid groups (broad SMARTS) is 1. The van der Waals surface area contributed by atoms with Gasteiger partial charge in [-0.3, -0.25) is 4.79 Å². The van der Waals surface area contributed by atoms with Crippen LogP contribution in [-0.2, 0) is 4.79 Å². The number of anilines is 1. The molecule has 0 radical (unpaired) electrons. The van der Waals surface area contributed by atoms with E-state index in [4.69, 9.17) is 9.52 Å². The molecule has 0 aliphatic rings. The Morgan fingerprint density at radius 2 is 2.21 bits per heavy atom. The fourth-order valence-electron chi connectivity index (χ4n) is 1.58. The van der Waals surface area contributed by atoms with Crippen molar-refractivity contribution in [3.8, 4) is 0 Å². The van der Waals surface area contributed by atoms with Crippen molar-refractivity contribution in [1.82, 2.24) is 10.3 Å². The smallest absolute Gasteiger partial charge is 0.319 e. The van der Waals surface area contributed by atoms with E-state index < -0.39 is 12.0 Å². The summed E-state index contributed by atoms with van der Waals surface area (Å²) < 4.78 is 5.34. The molecule has 2 amide bonds. The molecule has 0 atom stereocenters. The first-order valence-corrected chi connectivity index (χ1v) is 5.68. The normalized spacial score (nSPS) is 10.4. The first-order valence-electron chi connectivity index (χ1n) is 5.68. The van der Waals surface area contributed by atoms with E-state index in [1.807, 2.05) is 0 Å². The highest BCUT2D eigenvalue weighted by atomic mass is 16.4. The molecule has 7 nitrogen and oxygen atoms in total.